The van der Waals surface area contributed by atoms with Gasteiger partial charge in [0.05, 0.1) is 6.54 Å². The van der Waals surface area contributed by atoms with Crippen LogP contribution in [0.2, 0.25) is 0 Å². The smallest absolute Gasteiger partial charge is 0.253 e. The first-order chi connectivity index (χ1) is 15.0. The topological polar surface area (TPSA) is 90.5 Å². The van der Waals surface area contributed by atoms with Crippen LogP contribution in [0.3, 0.4) is 0 Å². The molecule has 1 heterocycles. The molecule has 1 aliphatic rings. The van der Waals surface area contributed by atoms with Crippen LogP contribution in [-0.2, 0) is 9.59 Å². The molecular weight excluding hydrogens is 392 g/mol. The minimum atomic E-state index is -0.206. The summed E-state index contributed by atoms with van der Waals surface area (Å²) in [7, 11) is 0. The van der Waals surface area contributed by atoms with Crippen molar-refractivity contribution in [3.63, 3.8) is 0 Å². The molecule has 1 saturated heterocycles. The van der Waals surface area contributed by atoms with Gasteiger partial charge >= 0.3 is 0 Å². The molecule has 164 valence electrons. The molecule has 3 N–H and O–H groups in total. The number of amides is 3. The van der Waals surface area contributed by atoms with Gasteiger partial charge in [-0.1, -0.05) is 13.0 Å². The third-order valence-electron chi connectivity index (χ3n) is 5.14. The van der Waals surface area contributed by atoms with Gasteiger partial charge in [0, 0.05) is 42.1 Å². The number of carbonyl (C=O) groups is 3. The Hall–Kier alpha value is -3.35. The van der Waals surface area contributed by atoms with Crippen LogP contribution < -0.4 is 16.0 Å². The third kappa shape index (κ3) is 6.84. The Bertz CT molecular complexity index is 905. The molecule has 0 aliphatic carbocycles. The van der Waals surface area contributed by atoms with E-state index in [1.807, 2.05) is 24.0 Å². The maximum Gasteiger partial charge on any atom is 0.253 e. The molecule has 0 saturated carbocycles. The van der Waals surface area contributed by atoms with Crippen LogP contribution in [0.25, 0.3) is 0 Å². The van der Waals surface area contributed by atoms with Crippen molar-refractivity contribution in [2.45, 2.75) is 39.0 Å². The number of nitrogens with zero attached hydrogens (tertiary/aromatic N) is 1. The van der Waals surface area contributed by atoms with Crippen LogP contribution in [-0.4, -0.2) is 42.3 Å². The predicted octanol–water partition coefficient (Wildman–Crippen LogP) is 4.10. The van der Waals surface area contributed by atoms with E-state index in [-0.39, 0.29) is 24.3 Å². The largest absolute Gasteiger partial charge is 0.376 e. The lowest BCUT2D eigenvalue weighted by atomic mass is 10.1. The highest BCUT2D eigenvalue weighted by atomic mass is 16.2. The van der Waals surface area contributed by atoms with E-state index in [9.17, 15) is 14.4 Å². The Balaban J connectivity index is 1.49. The van der Waals surface area contributed by atoms with Gasteiger partial charge < -0.3 is 20.9 Å². The number of piperidine rings is 1. The first-order valence-electron chi connectivity index (χ1n) is 10.9. The molecule has 0 atom stereocenters. The summed E-state index contributed by atoms with van der Waals surface area (Å²) in [6.07, 6.45) is 4.55. The van der Waals surface area contributed by atoms with Crippen LogP contribution in [0.5, 0.6) is 0 Å². The van der Waals surface area contributed by atoms with Crippen molar-refractivity contribution in [3.8, 4) is 0 Å². The fraction of sp³-hybridized carbons (Fsp3) is 0.375. The fourth-order valence-electron chi connectivity index (χ4n) is 3.52. The standard InChI is InChI=1S/C24H30N4O3/c1-2-7-22(29)26-20-12-10-19(11-13-20)25-17-23(30)27-21-9-6-8-18(16-21)24(31)28-14-4-3-5-15-28/h6,8-13,16,25H,2-5,7,14-15,17H2,1H3,(H,26,29)(H,27,30). The summed E-state index contributed by atoms with van der Waals surface area (Å²) in [5.74, 6) is -0.202. The van der Waals surface area contributed by atoms with Gasteiger partial charge in [-0.3, -0.25) is 14.4 Å². The van der Waals surface area contributed by atoms with Gasteiger partial charge in [-0.15, -0.1) is 0 Å². The Labute approximate surface area is 183 Å². The van der Waals surface area contributed by atoms with Crippen molar-refractivity contribution in [1.82, 2.24) is 4.90 Å². The summed E-state index contributed by atoms with van der Waals surface area (Å²) in [5.41, 5.74) is 2.69. The molecule has 7 heteroatoms. The van der Waals surface area contributed by atoms with E-state index in [1.165, 1.54) is 6.42 Å². The molecular formula is C24H30N4O3. The zero-order valence-electron chi connectivity index (χ0n) is 17.9. The number of rotatable bonds is 8. The Morgan fingerprint density at radius 2 is 1.52 bits per heavy atom. The molecule has 31 heavy (non-hydrogen) atoms. The molecule has 0 spiro atoms. The molecule has 7 nitrogen and oxygen atoms in total. The highest BCUT2D eigenvalue weighted by molar-refractivity contribution is 5.98. The monoisotopic (exact) mass is 422 g/mol. The third-order valence-corrected chi connectivity index (χ3v) is 5.14. The van der Waals surface area contributed by atoms with E-state index in [2.05, 4.69) is 16.0 Å². The number of anilines is 3. The number of hydrogen-bond donors (Lipinski definition) is 3. The van der Waals surface area contributed by atoms with Crippen molar-refractivity contribution in [2.75, 3.05) is 35.6 Å². The average molecular weight is 423 g/mol. The number of carbonyl (C=O) groups excluding carboxylic acids is 3. The van der Waals surface area contributed by atoms with Gasteiger partial charge in [-0.25, -0.2) is 0 Å². The van der Waals surface area contributed by atoms with Gasteiger partial charge in [0.25, 0.3) is 5.91 Å². The maximum atomic E-state index is 12.7. The van der Waals surface area contributed by atoms with Gasteiger partial charge in [-0.2, -0.15) is 0 Å². The van der Waals surface area contributed by atoms with E-state index >= 15 is 0 Å². The highest BCUT2D eigenvalue weighted by Crippen LogP contribution is 2.17. The lowest BCUT2D eigenvalue weighted by Crippen LogP contribution is -2.35. The van der Waals surface area contributed by atoms with E-state index in [1.54, 1.807) is 36.4 Å². The molecule has 2 aromatic carbocycles. The predicted molar refractivity (Wildman–Crippen MR) is 123 cm³/mol. The number of benzene rings is 2. The van der Waals surface area contributed by atoms with E-state index < -0.39 is 0 Å². The summed E-state index contributed by atoms with van der Waals surface area (Å²) >= 11 is 0. The summed E-state index contributed by atoms with van der Waals surface area (Å²) in [6.45, 7) is 3.63. The van der Waals surface area contributed by atoms with Crippen LogP contribution in [0, 0.1) is 0 Å². The van der Waals surface area contributed by atoms with E-state index in [4.69, 9.17) is 0 Å². The lowest BCUT2D eigenvalue weighted by molar-refractivity contribution is -0.116. The van der Waals surface area contributed by atoms with Crippen molar-refractivity contribution in [1.29, 1.82) is 0 Å². The van der Waals surface area contributed by atoms with Gasteiger partial charge in [-0.05, 0) is 68.1 Å². The second kappa shape index (κ2) is 11.2. The number of hydrogen-bond acceptors (Lipinski definition) is 4. The van der Waals surface area contributed by atoms with Crippen LogP contribution >= 0.6 is 0 Å². The second-order valence-electron chi connectivity index (χ2n) is 7.71. The molecule has 0 bridgehead atoms. The quantitative estimate of drug-likeness (QED) is 0.597. The number of nitrogens with one attached hydrogen (secondary N) is 3. The first-order valence-corrected chi connectivity index (χ1v) is 10.9. The fourth-order valence-corrected chi connectivity index (χ4v) is 3.52. The highest BCUT2D eigenvalue weighted by Gasteiger charge is 2.18. The number of likely N-dealkylation sites (tertiary alicyclic amines) is 1. The minimum absolute atomic E-state index is 0.0106. The first kappa shape index (κ1) is 22.3. The minimum Gasteiger partial charge on any atom is -0.376 e. The van der Waals surface area contributed by atoms with Gasteiger partial charge in [0.1, 0.15) is 0 Å². The second-order valence-corrected chi connectivity index (χ2v) is 7.71. The lowest BCUT2D eigenvalue weighted by Gasteiger charge is -2.26. The molecule has 3 amide bonds. The van der Waals surface area contributed by atoms with Gasteiger partial charge in [0.15, 0.2) is 0 Å². The summed E-state index contributed by atoms with van der Waals surface area (Å²) < 4.78 is 0. The molecule has 0 unspecified atom stereocenters. The van der Waals surface area contributed by atoms with Crippen LogP contribution in [0.1, 0.15) is 49.4 Å². The molecule has 0 aromatic heterocycles. The van der Waals surface area contributed by atoms with Crippen molar-refractivity contribution < 1.29 is 14.4 Å². The van der Waals surface area contributed by atoms with Crippen molar-refractivity contribution in [3.05, 3.63) is 54.1 Å². The molecule has 2 aromatic rings. The van der Waals surface area contributed by atoms with Crippen molar-refractivity contribution >= 4 is 34.8 Å². The summed E-state index contributed by atoms with van der Waals surface area (Å²) in [6, 6.07) is 14.3. The summed E-state index contributed by atoms with van der Waals surface area (Å²) in [4.78, 5) is 38.5. The zero-order chi connectivity index (χ0) is 22.1. The van der Waals surface area contributed by atoms with Gasteiger partial charge in [0.2, 0.25) is 11.8 Å². The normalized spacial score (nSPS) is 13.4. The van der Waals surface area contributed by atoms with E-state index in [0.717, 1.165) is 43.7 Å². The van der Waals surface area contributed by atoms with E-state index in [0.29, 0.717) is 17.7 Å². The molecule has 1 aliphatic heterocycles. The Morgan fingerprint density at radius 1 is 0.839 bits per heavy atom. The zero-order valence-corrected chi connectivity index (χ0v) is 17.9. The maximum absolute atomic E-state index is 12.7. The van der Waals surface area contributed by atoms with Crippen LogP contribution in [0.4, 0.5) is 17.1 Å². The Kier molecular flexibility index (Phi) is 8.04. The SMILES string of the molecule is CCCC(=O)Nc1ccc(NCC(=O)Nc2cccc(C(=O)N3CCCCC3)c2)cc1. The Morgan fingerprint density at radius 3 is 2.23 bits per heavy atom. The molecule has 1 fully saturated rings. The van der Waals surface area contributed by atoms with Crippen LogP contribution in [0.15, 0.2) is 48.5 Å². The van der Waals surface area contributed by atoms with Crippen molar-refractivity contribution in [2.24, 2.45) is 0 Å². The average Bonchev–Trinajstić information content (AvgIpc) is 2.79. The molecule has 3 rings (SSSR count). The summed E-state index contributed by atoms with van der Waals surface area (Å²) in [5, 5.41) is 8.72. The molecule has 0 radical (unpaired) electrons.